The first kappa shape index (κ1) is 21.7. The van der Waals surface area contributed by atoms with Crippen LogP contribution >= 0.6 is 0 Å². The SMILES string of the molecule is CC1(C)C(=O)Nc2nc(-c3cc(-c4ccon4)n(Cc4ccccc4F)n3)nc(NCCO)c21. The molecule has 0 bridgehead atoms. The maximum Gasteiger partial charge on any atom is 0.235 e. The van der Waals surface area contributed by atoms with Gasteiger partial charge in [0.1, 0.15) is 35.1 Å². The first-order valence-electron chi connectivity index (χ1n) is 10.7. The highest BCUT2D eigenvalue weighted by Gasteiger charge is 2.42. The van der Waals surface area contributed by atoms with Crippen LogP contribution in [0.2, 0.25) is 0 Å². The van der Waals surface area contributed by atoms with Crippen molar-refractivity contribution in [2.45, 2.75) is 25.8 Å². The number of nitrogens with zero attached hydrogens (tertiary/aromatic N) is 5. The Kier molecular flexibility index (Phi) is 5.33. The zero-order valence-electron chi connectivity index (χ0n) is 18.5. The Bertz CT molecular complexity index is 1370. The van der Waals surface area contributed by atoms with Gasteiger partial charge in [0.15, 0.2) is 5.82 Å². The summed E-state index contributed by atoms with van der Waals surface area (Å²) < 4.78 is 20.9. The molecule has 1 aliphatic rings. The Morgan fingerprint density at radius 2 is 2.03 bits per heavy atom. The summed E-state index contributed by atoms with van der Waals surface area (Å²) in [5, 5.41) is 23.8. The molecule has 34 heavy (non-hydrogen) atoms. The second kappa shape index (κ2) is 8.34. The van der Waals surface area contributed by atoms with E-state index in [9.17, 15) is 14.3 Å². The van der Waals surface area contributed by atoms with Gasteiger partial charge in [-0.2, -0.15) is 5.10 Å². The first-order valence-corrected chi connectivity index (χ1v) is 10.7. The van der Waals surface area contributed by atoms with Gasteiger partial charge in [-0.15, -0.1) is 0 Å². The number of carbonyl (C=O) groups excluding carboxylic acids is 1. The van der Waals surface area contributed by atoms with Gasteiger partial charge >= 0.3 is 0 Å². The van der Waals surface area contributed by atoms with Crippen LogP contribution in [-0.4, -0.2) is 49.1 Å². The molecule has 1 aromatic carbocycles. The van der Waals surface area contributed by atoms with Crippen molar-refractivity contribution >= 4 is 17.5 Å². The molecule has 3 aromatic heterocycles. The van der Waals surface area contributed by atoms with Crippen LogP contribution in [0.15, 0.2) is 47.2 Å². The summed E-state index contributed by atoms with van der Waals surface area (Å²) in [5.74, 6) is 0.527. The van der Waals surface area contributed by atoms with Gasteiger partial charge in [-0.05, 0) is 26.0 Å². The minimum atomic E-state index is -0.846. The fourth-order valence-electron chi connectivity index (χ4n) is 3.92. The van der Waals surface area contributed by atoms with Crippen LogP contribution in [0.25, 0.3) is 22.9 Å². The van der Waals surface area contributed by atoms with E-state index in [1.54, 1.807) is 48.9 Å². The monoisotopic (exact) mass is 463 g/mol. The van der Waals surface area contributed by atoms with Crippen LogP contribution in [-0.2, 0) is 16.8 Å². The van der Waals surface area contributed by atoms with Crippen LogP contribution in [0.3, 0.4) is 0 Å². The number of hydrogen-bond acceptors (Lipinski definition) is 8. The summed E-state index contributed by atoms with van der Waals surface area (Å²) in [6.07, 6.45) is 1.44. The van der Waals surface area contributed by atoms with Crippen LogP contribution in [0.5, 0.6) is 0 Å². The van der Waals surface area contributed by atoms with E-state index in [-0.39, 0.29) is 37.2 Å². The summed E-state index contributed by atoms with van der Waals surface area (Å²) in [4.78, 5) is 21.7. The second-order valence-corrected chi connectivity index (χ2v) is 8.40. The van der Waals surface area contributed by atoms with E-state index in [2.05, 4.69) is 30.9 Å². The molecule has 0 atom stereocenters. The number of amides is 1. The number of anilines is 2. The van der Waals surface area contributed by atoms with Gasteiger partial charge in [0, 0.05) is 18.2 Å². The number of nitrogens with one attached hydrogen (secondary N) is 2. The summed E-state index contributed by atoms with van der Waals surface area (Å²) >= 11 is 0. The lowest BCUT2D eigenvalue weighted by atomic mass is 9.87. The number of aromatic nitrogens is 5. The summed E-state index contributed by atoms with van der Waals surface area (Å²) in [6.45, 7) is 3.86. The third kappa shape index (κ3) is 3.69. The van der Waals surface area contributed by atoms with Crippen LogP contribution in [0.4, 0.5) is 16.0 Å². The molecule has 4 heterocycles. The zero-order valence-corrected chi connectivity index (χ0v) is 18.5. The van der Waals surface area contributed by atoms with Gasteiger partial charge in [0.05, 0.1) is 29.8 Å². The molecule has 0 radical (unpaired) electrons. The molecule has 11 heteroatoms. The summed E-state index contributed by atoms with van der Waals surface area (Å²) in [6, 6.07) is 9.87. The molecule has 3 N–H and O–H groups in total. The third-order valence-corrected chi connectivity index (χ3v) is 5.73. The number of carbonyl (C=O) groups is 1. The minimum Gasteiger partial charge on any atom is -0.395 e. The van der Waals surface area contributed by atoms with E-state index in [4.69, 9.17) is 4.52 Å². The molecule has 4 aromatic rings. The maximum absolute atomic E-state index is 14.3. The van der Waals surface area contributed by atoms with Crippen LogP contribution in [0, 0.1) is 5.82 Å². The maximum atomic E-state index is 14.3. The molecule has 0 saturated carbocycles. The van der Waals surface area contributed by atoms with Crippen molar-refractivity contribution < 1.29 is 18.8 Å². The Morgan fingerprint density at radius 1 is 1.21 bits per heavy atom. The molecule has 174 valence electrons. The highest BCUT2D eigenvalue weighted by Crippen LogP contribution is 2.41. The number of fused-ring (bicyclic) bond motifs is 1. The largest absolute Gasteiger partial charge is 0.395 e. The zero-order chi connectivity index (χ0) is 23.9. The van der Waals surface area contributed by atoms with Crippen LogP contribution in [0.1, 0.15) is 25.0 Å². The van der Waals surface area contributed by atoms with E-state index in [1.165, 1.54) is 12.3 Å². The van der Waals surface area contributed by atoms with Crippen molar-refractivity contribution in [3.8, 4) is 22.9 Å². The minimum absolute atomic E-state index is 0.108. The van der Waals surface area contributed by atoms with Gasteiger partial charge in [-0.3, -0.25) is 9.48 Å². The number of rotatable bonds is 7. The van der Waals surface area contributed by atoms with E-state index < -0.39 is 5.41 Å². The molecule has 5 rings (SSSR count). The lowest BCUT2D eigenvalue weighted by Crippen LogP contribution is -2.28. The molecule has 1 aliphatic heterocycles. The standard InChI is InChI=1S/C23H22FN7O3/c1-23(2)18-20(25-8-9-32)26-19(27-21(18)28-22(23)33)16-11-17(15-7-10-34-30-15)31(29-16)12-13-5-3-4-6-14(13)24/h3-7,10-11,32H,8-9,12H2,1-2H3,(H2,25,26,27,28,33). The predicted octanol–water partition coefficient (Wildman–Crippen LogP) is 2.82. The van der Waals surface area contributed by atoms with Crippen LogP contribution < -0.4 is 10.6 Å². The Balaban J connectivity index is 1.62. The van der Waals surface area contributed by atoms with E-state index in [0.717, 1.165) is 0 Å². The number of aliphatic hydroxyl groups is 1. The highest BCUT2D eigenvalue weighted by molar-refractivity contribution is 6.06. The number of benzene rings is 1. The quantitative estimate of drug-likeness (QED) is 0.381. The first-order chi connectivity index (χ1) is 16.4. The van der Waals surface area contributed by atoms with E-state index in [0.29, 0.717) is 39.8 Å². The van der Waals surface area contributed by atoms with Gasteiger partial charge in [-0.25, -0.2) is 14.4 Å². The Hall–Kier alpha value is -4.12. The molecular weight excluding hydrogens is 441 g/mol. The molecule has 0 fully saturated rings. The van der Waals surface area contributed by atoms with Crippen molar-refractivity contribution in [2.75, 3.05) is 23.8 Å². The van der Waals surface area contributed by atoms with Gasteiger partial charge in [-0.1, -0.05) is 23.4 Å². The summed E-state index contributed by atoms with van der Waals surface area (Å²) in [5.41, 5.74) is 1.74. The number of hydrogen-bond donors (Lipinski definition) is 3. The predicted molar refractivity (Wildman–Crippen MR) is 121 cm³/mol. The van der Waals surface area contributed by atoms with Crippen molar-refractivity contribution in [1.82, 2.24) is 24.9 Å². The molecule has 0 aliphatic carbocycles. The molecule has 10 nitrogen and oxygen atoms in total. The van der Waals surface area contributed by atoms with Gasteiger partial charge in [0.25, 0.3) is 0 Å². The Morgan fingerprint density at radius 3 is 2.76 bits per heavy atom. The van der Waals surface area contributed by atoms with Crippen molar-refractivity contribution in [3.05, 3.63) is 59.6 Å². The van der Waals surface area contributed by atoms with E-state index in [1.807, 2.05) is 0 Å². The lowest BCUT2D eigenvalue weighted by molar-refractivity contribution is -0.119. The lowest BCUT2D eigenvalue weighted by Gasteiger charge is -2.18. The van der Waals surface area contributed by atoms with Crippen molar-refractivity contribution in [3.63, 3.8) is 0 Å². The number of aliphatic hydroxyl groups excluding tert-OH is 1. The van der Waals surface area contributed by atoms with Gasteiger partial charge < -0.3 is 20.3 Å². The highest BCUT2D eigenvalue weighted by atomic mass is 19.1. The topological polar surface area (TPSA) is 131 Å². The van der Waals surface area contributed by atoms with E-state index >= 15 is 0 Å². The molecule has 0 saturated heterocycles. The fraction of sp³-hybridized carbons (Fsp3) is 0.261. The second-order valence-electron chi connectivity index (χ2n) is 8.40. The molecule has 1 amide bonds. The normalized spacial score (nSPS) is 14.2. The van der Waals surface area contributed by atoms with Gasteiger partial charge in [0.2, 0.25) is 5.91 Å². The summed E-state index contributed by atoms with van der Waals surface area (Å²) in [7, 11) is 0. The molecular formula is C23H22FN7O3. The third-order valence-electron chi connectivity index (χ3n) is 5.73. The Labute approximate surface area is 193 Å². The van der Waals surface area contributed by atoms with Crippen molar-refractivity contribution in [2.24, 2.45) is 0 Å². The average molecular weight is 463 g/mol. The fourth-order valence-corrected chi connectivity index (χ4v) is 3.92. The smallest absolute Gasteiger partial charge is 0.235 e. The number of halogens is 1. The van der Waals surface area contributed by atoms with Crippen molar-refractivity contribution in [1.29, 1.82) is 0 Å². The molecule has 0 spiro atoms. The average Bonchev–Trinajstić information content (AvgIpc) is 3.53. The molecule has 0 unspecified atom stereocenters.